The summed E-state index contributed by atoms with van der Waals surface area (Å²) < 4.78 is 6.72. The molecule has 1 aliphatic heterocycles. The molecule has 0 atom stereocenters. The van der Waals surface area contributed by atoms with Crippen molar-refractivity contribution in [1.82, 2.24) is 4.90 Å². The number of halogens is 1. The number of imide groups is 1. The largest absolute Gasteiger partial charge is 0.492 e. The van der Waals surface area contributed by atoms with Gasteiger partial charge in [-0.2, -0.15) is 0 Å². The third-order valence-corrected chi connectivity index (χ3v) is 5.78. The maximum Gasteiger partial charge on any atom is 0.293 e. The van der Waals surface area contributed by atoms with Crippen molar-refractivity contribution in [2.24, 2.45) is 0 Å². The molecule has 0 N–H and O–H groups in total. The van der Waals surface area contributed by atoms with Crippen LogP contribution in [0.5, 0.6) is 5.75 Å². The standard InChI is InChI=1S/C22H16BrNO3S/c23-18-8-5-15(6-9-18)13-20-21(25)24(22(26)28-20)11-12-27-19-10-7-16-3-1-2-4-17(16)14-19/h1-10,13-14H,11-12H2/b20-13+. The maximum absolute atomic E-state index is 12.6. The molecule has 0 unspecified atom stereocenters. The Kier molecular flexibility index (Phi) is 5.50. The monoisotopic (exact) mass is 453 g/mol. The molecule has 140 valence electrons. The van der Waals surface area contributed by atoms with E-state index in [9.17, 15) is 9.59 Å². The molecule has 1 fully saturated rings. The molecule has 0 aromatic heterocycles. The highest BCUT2D eigenvalue weighted by Crippen LogP contribution is 2.32. The van der Waals surface area contributed by atoms with Gasteiger partial charge >= 0.3 is 0 Å². The highest BCUT2D eigenvalue weighted by atomic mass is 79.9. The summed E-state index contributed by atoms with van der Waals surface area (Å²) in [6, 6.07) is 21.4. The number of carbonyl (C=O) groups excluding carboxylic acids is 2. The third-order valence-electron chi connectivity index (χ3n) is 4.35. The van der Waals surface area contributed by atoms with Gasteiger partial charge in [0, 0.05) is 4.47 Å². The van der Waals surface area contributed by atoms with Gasteiger partial charge in [0.1, 0.15) is 12.4 Å². The summed E-state index contributed by atoms with van der Waals surface area (Å²) in [4.78, 5) is 26.4. The average Bonchev–Trinajstić information content (AvgIpc) is 2.97. The van der Waals surface area contributed by atoms with Crippen LogP contribution in [0.3, 0.4) is 0 Å². The quantitative estimate of drug-likeness (QED) is 0.463. The van der Waals surface area contributed by atoms with E-state index in [1.807, 2.05) is 66.7 Å². The number of benzene rings is 3. The van der Waals surface area contributed by atoms with Crippen LogP contribution < -0.4 is 4.74 Å². The van der Waals surface area contributed by atoms with Gasteiger partial charge in [-0.05, 0) is 58.4 Å². The van der Waals surface area contributed by atoms with Gasteiger partial charge in [0.25, 0.3) is 11.1 Å². The average molecular weight is 454 g/mol. The lowest BCUT2D eigenvalue weighted by Gasteiger charge is -2.13. The number of hydrogen-bond donors (Lipinski definition) is 0. The second kappa shape index (κ2) is 8.20. The van der Waals surface area contributed by atoms with E-state index in [0.717, 1.165) is 38.3 Å². The summed E-state index contributed by atoms with van der Waals surface area (Å²) in [6.07, 6.45) is 1.74. The van der Waals surface area contributed by atoms with Crippen molar-refractivity contribution in [3.05, 3.63) is 81.7 Å². The van der Waals surface area contributed by atoms with Crippen LogP contribution in [0.4, 0.5) is 4.79 Å². The number of carbonyl (C=O) groups is 2. The smallest absolute Gasteiger partial charge is 0.293 e. The van der Waals surface area contributed by atoms with E-state index < -0.39 is 0 Å². The normalized spacial score (nSPS) is 15.6. The van der Waals surface area contributed by atoms with Crippen molar-refractivity contribution in [3.8, 4) is 5.75 Å². The van der Waals surface area contributed by atoms with Crippen molar-refractivity contribution in [1.29, 1.82) is 0 Å². The van der Waals surface area contributed by atoms with Crippen LogP contribution in [0.15, 0.2) is 76.1 Å². The summed E-state index contributed by atoms with van der Waals surface area (Å²) in [5, 5.41) is 1.96. The number of thioether (sulfide) groups is 1. The lowest BCUT2D eigenvalue weighted by Crippen LogP contribution is -2.32. The van der Waals surface area contributed by atoms with Gasteiger partial charge in [-0.1, -0.05) is 58.4 Å². The van der Waals surface area contributed by atoms with Crippen LogP contribution in [0.1, 0.15) is 5.56 Å². The fourth-order valence-electron chi connectivity index (χ4n) is 2.92. The van der Waals surface area contributed by atoms with Crippen LogP contribution >= 0.6 is 27.7 Å². The van der Waals surface area contributed by atoms with E-state index in [2.05, 4.69) is 15.9 Å². The first-order valence-corrected chi connectivity index (χ1v) is 10.3. The second-order valence-electron chi connectivity index (χ2n) is 6.24. The molecule has 0 aliphatic carbocycles. The minimum Gasteiger partial charge on any atom is -0.492 e. The maximum atomic E-state index is 12.6. The molecule has 4 rings (SSSR count). The second-order valence-corrected chi connectivity index (χ2v) is 8.15. The molecule has 0 radical (unpaired) electrons. The number of ether oxygens (including phenoxy) is 1. The van der Waals surface area contributed by atoms with Crippen LogP contribution in [0.2, 0.25) is 0 Å². The van der Waals surface area contributed by atoms with E-state index in [1.54, 1.807) is 6.08 Å². The summed E-state index contributed by atoms with van der Waals surface area (Å²) in [5.74, 6) is 0.441. The van der Waals surface area contributed by atoms with Crippen LogP contribution in [0, 0.1) is 0 Å². The summed E-state index contributed by atoms with van der Waals surface area (Å²) in [5.41, 5.74) is 0.876. The zero-order chi connectivity index (χ0) is 19.5. The molecule has 4 nitrogen and oxygen atoms in total. The Morgan fingerprint density at radius 1 is 0.964 bits per heavy atom. The molecule has 3 aromatic carbocycles. The number of hydrogen-bond acceptors (Lipinski definition) is 4. The SMILES string of the molecule is O=C1S/C(=C/c2ccc(Br)cc2)C(=O)N1CCOc1ccc2ccccc2c1. The fraction of sp³-hybridized carbons (Fsp3) is 0.0909. The Morgan fingerprint density at radius 2 is 1.71 bits per heavy atom. The predicted octanol–water partition coefficient (Wildman–Crippen LogP) is 5.72. The molecule has 0 bridgehead atoms. The predicted molar refractivity (Wildman–Crippen MR) is 116 cm³/mol. The topological polar surface area (TPSA) is 46.6 Å². The highest BCUT2D eigenvalue weighted by Gasteiger charge is 2.34. The number of nitrogens with zero attached hydrogens (tertiary/aromatic N) is 1. The van der Waals surface area contributed by atoms with E-state index >= 15 is 0 Å². The molecule has 0 spiro atoms. The Morgan fingerprint density at radius 3 is 2.50 bits per heavy atom. The van der Waals surface area contributed by atoms with Crippen molar-refractivity contribution < 1.29 is 14.3 Å². The molecule has 1 heterocycles. The molecule has 3 aromatic rings. The molecule has 1 saturated heterocycles. The Hall–Kier alpha value is -2.57. The van der Waals surface area contributed by atoms with Crippen molar-refractivity contribution in [2.75, 3.05) is 13.2 Å². The van der Waals surface area contributed by atoms with Gasteiger partial charge in [-0.3, -0.25) is 14.5 Å². The first kappa shape index (κ1) is 18.8. The van der Waals surface area contributed by atoms with Gasteiger partial charge in [-0.15, -0.1) is 0 Å². The Balaban J connectivity index is 1.39. The van der Waals surface area contributed by atoms with Gasteiger partial charge in [0.2, 0.25) is 0 Å². The molecular weight excluding hydrogens is 438 g/mol. The van der Waals surface area contributed by atoms with E-state index in [0.29, 0.717) is 4.91 Å². The molecule has 6 heteroatoms. The summed E-state index contributed by atoms with van der Waals surface area (Å²) >= 11 is 4.34. The van der Waals surface area contributed by atoms with E-state index in [1.165, 1.54) is 4.90 Å². The molecule has 0 saturated carbocycles. The van der Waals surface area contributed by atoms with Crippen molar-refractivity contribution >= 4 is 55.7 Å². The van der Waals surface area contributed by atoms with Gasteiger partial charge in [-0.25, -0.2) is 0 Å². The number of amides is 2. The minimum absolute atomic E-state index is 0.217. The van der Waals surface area contributed by atoms with Crippen molar-refractivity contribution in [2.45, 2.75) is 0 Å². The van der Waals surface area contributed by atoms with Crippen molar-refractivity contribution in [3.63, 3.8) is 0 Å². The first-order chi connectivity index (χ1) is 13.6. The molecule has 28 heavy (non-hydrogen) atoms. The third kappa shape index (κ3) is 4.13. The minimum atomic E-state index is -0.278. The fourth-order valence-corrected chi connectivity index (χ4v) is 4.04. The first-order valence-electron chi connectivity index (χ1n) is 8.73. The van der Waals surface area contributed by atoms with Crippen LogP contribution in [-0.4, -0.2) is 29.2 Å². The zero-order valence-corrected chi connectivity index (χ0v) is 17.2. The highest BCUT2D eigenvalue weighted by molar-refractivity contribution is 9.10. The van der Waals surface area contributed by atoms with E-state index in [-0.39, 0.29) is 24.3 Å². The van der Waals surface area contributed by atoms with Gasteiger partial charge < -0.3 is 4.74 Å². The Labute approximate surface area is 175 Å². The number of fused-ring (bicyclic) bond motifs is 1. The van der Waals surface area contributed by atoms with Gasteiger partial charge in [0.15, 0.2) is 0 Å². The number of rotatable bonds is 5. The molecular formula is C22H16BrNO3S. The lowest BCUT2D eigenvalue weighted by molar-refractivity contribution is -0.123. The van der Waals surface area contributed by atoms with E-state index in [4.69, 9.17) is 4.74 Å². The summed E-state index contributed by atoms with van der Waals surface area (Å²) in [6.45, 7) is 0.469. The molecule has 1 aliphatic rings. The van der Waals surface area contributed by atoms with Gasteiger partial charge in [0.05, 0.1) is 11.4 Å². The summed E-state index contributed by atoms with van der Waals surface area (Å²) in [7, 11) is 0. The molecule has 2 amide bonds. The van der Waals surface area contributed by atoms with Crippen LogP contribution in [0.25, 0.3) is 16.8 Å². The zero-order valence-electron chi connectivity index (χ0n) is 14.8. The Bertz CT molecular complexity index is 1080. The van der Waals surface area contributed by atoms with Crippen LogP contribution in [-0.2, 0) is 4.79 Å². The lowest BCUT2D eigenvalue weighted by atomic mass is 10.1.